The molecule has 0 aliphatic heterocycles. The minimum atomic E-state index is 0.142. The monoisotopic (exact) mass is 278 g/mol. The largest absolute Gasteiger partial charge is 0.481 e. The predicted octanol–water partition coefficient (Wildman–Crippen LogP) is 2.23. The van der Waals surface area contributed by atoms with Crippen LogP contribution in [0.4, 0.5) is 0 Å². The van der Waals surface area contributed by atoms with Gasteiger partial charge in [-0.2, -0.15) is 0 Å². The second-order valence-electron chi connectivity index (χ2n) is 4.12. The molecule has 5 nitrogen and oxygen atoms in total. The fourth-order valence-corrected chi connectivity index (χ4v) is 2.45. The third kappa shape index (κ3) is 3.97. The Balaban J connectivity index is 2.15. The van der Waals surface area contributed by atoms with Gasteiger partial charge in [-0.1, -0.05) is 6.92 Å². The van der Waals surface area contributed by atoms with Gasteiger partial charge < -0.3 is 10.1 Å². The van der Waals surface area contributed by atoms with E-state index >= 15 is 0 Å². The first-order chi connectivity index (χ1) is 9.33. The van der Waals surface area contributed by atoms with Gasteiger partial charge in [0.05, 0.1) is 23.9 Å². The molecule has 0 radical (unpaired) electrons. The van der Waals surface area contributed by atoms with Gasteiger partial charge in [-0.15, -0.1) is 11.3 Å². The van der Waals surface area contributed by atoms with Crippen LogP contribution in [0.25, 0.3) is 0 Å². The van der Waals surface area contributed by atoms with Gasteiger partial charge in [-0.3, -0.25) is 0 Å². The van der Waals surface area contributed by atoms with Crippen molar-refractivity contribution in [1.29, 1.82) is 0 Å². The van der Waals surface area contributed by atoms with E-state index in [1.54, 1.807) is 18.4 Å². The maximum Gasteiger partial charge on any atom is 0.216 e. The fourth-order valence-electron chi connectivity index (χ4n) is 1.78. The highest BCUT2D eigenvalue weighted by Gasteiger charge is 2.15. The fraction of sp³-hybridized carbons (Fsp3) is 0.462. The Morgan fingerprint density at radius 3 is 2.95 bits per heavy atom. The molecule has 102 valence electrons. The summed E-state index contributed by atoms with van der Waals surface area (Å²) in [7, 11) is 1.61. The molecule has 0 aliphatic rings. The Kier molecular flexibility index (Phi) is 5.23. The van der Waals surface area contributed by atoms with Crippen molar-refractivity contribution in [2.45, 2.75) is 25.8 Å². The van der Waals surface area contributed by atoms with Crippen LogP contribution in [0.2, 0.25) is 0 Å². The quantitative estimate of drug-likeness (QED) is 0.841. The molecular formula is C13H18N4OS. The zero-order valence-electron chi connectivity index (χ0n) is 11.2. The molecule has 0 fully saturated rings. The number of hydrogen-bond donors (Lipinski definition) is 1. The second kappa shape index (κ2) is 7.16. The van der Waals surface area contributed by atoms with Crippen molar-refractivity contribution in [3.8, 4) is 5.88 Å². The van der Waals surface area contributed by atoms with Crippen molar-refractivity contribution in [2.24, 2.45) is 0 Å². The standard InChI is InChI=1S/C13H18N4OS/c1-3-4-14-11(8-13-15-5-6-19-13)10-7-12(18-2)17-9-16-10/h5-7,9,11,14H,3-4,8H2,1-2H3. The summed E-state index contributed by atoms with van der Waals surface area (Å²) in [5.74, 6) is 0.590. The summed E-state index contributed by atoms with van der Waals surface area (Å²) in [4.78, 5) is 12.7. The summed E-state index contributed by atoms with van der Waals surface area (Å²) in [6.45, 7) is 3.09. The van der Waals surface area contributed by atoms with E-state index < -0.39 is 0 Å². The van der Waals surface area contributed by atoms with Gasteiger partial charge in [0, 0.05) is 24.1 Å². The van der Waals surface area contributed by atoms with E-state index in [0.717, 1.165) is 30.1 Å². The second-order valence-corrected chi connectivity index (χ2v) is 5.10. The maximum atomic E-state index is 5.15. The van der Waals surface area contributed by atoms with Crippen LogP contribution in [0.15, 0.2) is 24.0 Å². The number of nitrogens with zero attached hydrogens (tertiary/aromatic N) is 3. The lowest BCUT2D eigenvalue weighted by molar-refractivity contribution is 0.393. The highest BCUT2D eigenvalue weighted by molar-refractivity contribution is 7.09. The van der Waals surface area contributed by atoms with Crippen molar-refractivity contribution in [2.75, 3.05) is 13.7 Å². The summed E-state index contributed by atoms with van der Waals surface area (Å²) in [5, 5.41) is 6.59. The number of thiazole rings is 1. The lowest BCUT2D eigenvalue weighted by Crippen LogP contribution is -2.25. The maximum absolute atomic E-state index is 5.15. The van der Waals surface area contributed by atoms with E-state index in [4.69, 9.17) is 4.74 Å². The van der Waals surface area contributed by atoms with Crippen LogP contribution < -0.4 is 10.1 Å². The van der Waals surface area contributed by atoms with Crippen molar-refractivity contribution in [3.05, 3.63) is 34.7 Å². The van der Waals surface area contributed by atoms with E-state index in [2.05, 4.69) is 27.2 Å². The normalized spacial score (nSPS) is 12.3. The Morgan fingerprint density at radius 1 is 1.37 bits per heavy atom. The summed E-state index contributed by atoms with van der Waals surface area (Å²) < 4.78 is 5.15. The molecule has 2 aromatic rings. The van der Waals surface area contributed by atoms with Gasteiger partial charge in [0.15, 0.2) is 0 Å². The summed E-state index contributed by atoms with van der Waals surface area (Å²) >= 11 is 1.66. The third-order valence-electron chi connectivity index (χ3n) is 2.73. The van der Waals surface area contributed by atoms with Gasteiger partial charge in [0.2, 0.25) is 5.88 Å². The smallest absolute Gasteiger partial charge is 0.216 e. The Labute approximate surface area is 117 Å². The van der Waals surface area contributed by atoms with Crippen LogP contribution >= 0.6 is 11.3 Å². The molecule has 0 amide bonds. The Morgan fingerprint density at radius 2 is 2.26 bits per heavy atom. The number of hydrogen-bond acceptors (Lipinski definition) is 6. The van der Waals surface area contributed by atoms with Crippen LogP contribution in [0, 0.1) is 0 Å². The molecule has 6 heteroatoms. The van der Waals surface area contributed by atoms with Crippen molar-refractivity contribution in [1.82, 2.24) is 20.3 Å². The molecule has 2 aromatic heterocycles. The number of ether oxygens (including phenoxy) is 1. The Hall–Kier alpha value is -1.53. The first-order valence-corrected chi connectivity index (χ1v) is 7.19. The molecule has 1 N–H and O–H groups in total. The van der Waals surface area contributed by atoms with Gasteiger partial charge in [0.25, 0.3) is 0 Å². The molecule has 0 saturated heterocycles. The molecule has 0 spiro atoms. The highest BCUT2D eigenvalue weighted by Crippen LogP contribution is 2.20. The van der Waals surface area contributed by atoms with E-state index in [9.17, 15) is 0 Å². The molecule has 1 unspecified atom stereocenters. The minimum absolute atomic E-state index is 0.142. The number of nitrogens with one attached hydrogen (secondary N) is 1. The zero-order valence-corrected chi connectivity index (χ0v) is 12.0. The van der Waals surface area contributed by atoms with Crippen LogP contribution in [0.5, 0.6) is 5.88 Å². The first kappa shape index (κ1) is 13.9. The van der Waals surface area contributed by atoms with E-state index in [1.807, 2.05) is 17.6 Å². The third-order valence-corrected chi connectivity index (χ3v) is 3.53. The van der Waals surface area contributed by atoms with Crippen molar-refractivity contribution >= 4 is 11.3 Å². The van der Waals surface area contributed by atoms with E-state index in [0.29, 0.717) is 5.88 Å². The van der Waals surface area contributed by atoms with Crippen LogP contribution in [-0.4, -0.2) is 28.6 Å². The highest BCUT2D eigenvalue weighted by atomic mass is 32.1. The van der Waals surface area contributed by atoms with Crippen LogP contribution in [-0.2, 0) is 6.42 Å². The summed E-state index contributed by atoms with van der Waals surface area (Å²) in [6, 6.07) is 2.02. The minimum Gasteiger partial charge on any atom is -0.481 e. The predicted molar refractivity (Wildman–Crippen MR) is 75.4 cm³/mol. The SMILES string of the molecule is CCCNC(Cc1nccs1)c1cc(OC)ncn1. The zero-order chi connectivity index (χ0) is 13.5. The molecule has 2 rings (SSSR count). The summed E-state index contributed by atoms with van der Waals surface area (Å²) in [6.07, 6.45) is 5.28. The van der Waals surface area contributed by atoms with Gasteiger partial charge >= 0.3 is 0 Å². The molecular weight excluding hydrogens is 260 g/mol. The van der Waals surface area contributed by atoms with Crippen LogP contribution in [0.1, 0.15) is 30.1 Å². The number of aromatic nitrogens is 3. The van der Waals surface area contributed by atoms with E-state index in [-0.39, 0.29) is 6.04 Å². The average Bonchev–Trinajstić information content (AvgIpc) is 2.96. The molecule has 0 aromatic carbocycles. The van der Waals surface area contributed by atoms with Crippen molar-refractivity contribution in [3.63, 3.8) is 0 Å². The summed E-state index contributed by atoms with van der Waals surface area (Å²) in [5.41, 5.74) is 0.940. The van der Waals surface area contributed by atoms with Crippen LogP contribution in [0.3, 0.4) is 0 Å². The average molecular weight is 278 g/mol. The van der Waals surface area contributed by atoms with Gasteiger partial charge in [-0.05, 0) is 13.0 Å². The number of rotatable bonds is 7. The molecule has 0 saturated carbocycles. The van der Waals surface area contributed by atoms with E-state index in [1.165, 1.54) is 6.33 Å². The Bertz CT molecular complexity index is 489. The molecule has 1 atom stereocenters. The van der Waals surface area contributed by atoms with Gasteiger partial charge in [0.1, 0.15) is 6.33 Å². The molecule has 0 aliphatic carbocycles. The lowest BCUT2D eigenvalue weighted by atomic mass is 10.1. The molecule has 19 heavy (non-hydrogen) atoms. The topological polar surface area (TPSA) is 59.9 Å². The van der Waals surface area contributed by atoms with Gasteiger partial charge in [-0.25, -0.2) is 15.0 Å². The molecule has 2 heterocycles. The first-order valence-electron chi connectivity index (χ1n) is 6.31. The van der Waals surface area contributed by atoms with Crippen molar-refractivity contribution < 1.29 is 4.74 Å². The number of methoxy groups -OCH3 is 1. The molecule has 0 bridgehead atoms. The lowest BCUT2D eigenvalue weighted by Gasteiger charge is -2.17.